The summed E-state index contributed by atoms with van der Waals surface area (Å²) in [5.74, 6) is 0. The Morgan fingerprint density at radius 3 is 2.81 bits per heavy atom. The molecule has 21 heavy (non-hydrogen) atoms. The number of benzene rings is 1. The van der Waals surface area contributed by atoms with E-state index < -0.39 is 0 Å². The Bertz CT molecular complexity index is 852. The Morgan fingerprint density at radius 2 is 1.95 bits per heavy atom. The van der Waals surface area contributed by atoms with Gasteiger partial charge in [-0.15, -0.1) is 11.3 Å². The highest BCUT2D eigenvalue weighted by atomic mass is 32.2. The van der Waals surface area contributed by atoms with E-state index in [0.717, 1.165) is 28.0 Å². The monoisotopic (exact) mass is 314 g/mol. The van der Waals surface area contributed by atoms with Crippen molar-refractivity contribution in [2.45, 2.75) is 35.7 Å². The van der Waals surface area contributed by atoms with Crippen molar-refractivity contribution >= 4 is 33.3 Å². The second-order valence-corrected chi connectivity index (χ2v) is 7.32. The van der Waals surface area contributed by atoms with Crippen LogP contribution in [0.25, 0.3) is 10.2 Å². The van der Waals surface area contributed by atoms with Crippen LogP contribution in [0.1, 0.15) is 23.3 Å². The Hall–Kier alpha value is -1.59. The second-order valence-electron chi connectivity index (χ2n) is 5.18. The molecule has 1 aromatic carbocycles. The number of aromatic amines is 1. The first kappa shape index (κ1) is 13.1. The standard InChI is InChI=1S/C16H14N2OS2/c19-14-13-11-8-4-5-9-12(11)21-15(13)18-16(17-14)20-10-6-2-1-3-7-10/h1-3,6-7H,4-5,8-9H2,(H,17,18,19). The molecule has 0 bridgehead atoms. The highest BCUT2D eigenvalue weighted by Gasteiger charge is 2.19. The number of thiophene rings is 1. The molecule has 2 aromatic heterocycles. The van der Waals surface area contributed by atoms with E-state index >= 15 is 0 Å². The fourth-order valence-electron chi connectivity index (χ4n) is 2.79. The molecule has 0 fully saturated rings. The van der Waals surface area contributed by atoms with Crippen molar-refractivity contribution in [3.8, 4) is 0 Å². The number of H-pyrrole nitrogens is 1. The van der Waals surface area contributed by atoms with Gasteiger partial charge in [-0.25, -0.2) is 4.98 Å². The lowest BCUT2D eigenvalue weighted by atomic mass is 9.97. The Balaban J connectivity index is 1.81. The van der Waals surface area contributed by atoms with Gasteiger partial charge in [0.15, 0.2) is 5.16 Å². The molecule has 0 unspecified atom stereocenters. The number of nitrogens with one attached hydrogen (secondary N) is 1. The average Bonchev–Trinajstić information content (AvgIpc) is 2.87. The molecule has 0 saturated heterocycles. The lowest BCUT2D eigenvalue weighted by molar-refractivity contribution is 0.700. The number of fused-ring (bicyclic) bond motifs is 3. The van der Waals surface area contributed by atoms with Crippen LogP contribution in [0.5, 0.6) is 0 Å². The third kappa shape index (κ3) is 2.40. The summed E-state index contributed by atoms with van der Waals surface area (Å²) in [7, 11) is 0. The van der Waals surface area contributed by atoms with Gasteiger partial charge in [0.05, 0.1) is 5.39 Å². The van der Waals surface area contributed by atoms with Gasteiger partial charge in [-0.05, 0) is 43.4 Å². The maximum Gasteiger partial charge on any atom is 0.260 e. The van der Waals surface area contributed by atoms with Gasteiger partial charge in [-0.2, -0.15) is 0 Å². The first-order chi connectivity index (χ1) is 10.3. The molecule has 106 valence electrons. The highest BCUT2D eigenvalue weighted by Crippen LogP contribution is 2.34. The van der Waals surface area contributed by atoms with Crippen molar-refractivity contribution in [1.82, 2.24) is 9.97 Å². The average molecular weight is 314 g/mol. The van der Waals surface area contributed by atoms with Crippen molar-refractivity contribution in [2.75, 3.05) is 0 Å². The number of hydrogen-bond acceptors (Lipinski definition) is 4. The van der Waals surface area contributed by atoms with Gasteiger partial charge in [-0.3, -0.25) is 4.79 Å². The molecule has 5 heteroatoms. The minimum absolute atomic E-state index is 0.0119. The van der Waals surface area contributed by atoms with Gasteiger partial charge in [0, 0.05) is 9.77 Å². The summed E-state index contributed by atoms with van der Waals surface area (Å²) < 4.78 is 0. The molecule has 4 rings (SSSR count). The number of hydrogen-bond donors (Lipinski definition) is 1. The molecule has 0 aliphatic heterocycles. The van der Waals surface area contributed by atoms with Crippen LogP contribution in [0.4, 0.5) is 0 Å². The first-order valence-corrected chi connectivity index (χ1v) is 8.72. The van der Waals surface area contributed by atoms with Crippen LogP contribution in [0.3, 0.4) is 0 Å². The van der Waals surface area contributed by atoms with Crippen molar-refractivity contribution in [3.63, 3.8) is 0 Å². The molecule has 1 N–H and O–H groups in total. The third-order valence-electron chi connectivity index (χ3n) is 3.76. The summed E-state index contributed by atoms with van der Waals surface area (Å²) in [6.45, 7) is 0. The number of rotatable bonds is 2. The summed E-state index contributed by atoms with van der Waals surface area (Å²) >= 11 is 3.20. The minimum Gasteiger partial charge on any atom is -0.301 e. The van der Waals surface area contributed by atoms with Crippen molar-refractivity contribution in [3.05, 3.63) is 51.1 Å². The maximum absolute atomic E-state index is 12.4. The molecular weight excluding hydrogens is 300 g/mol. The van der Waals surface area contributed by atoms with E-state index in [4.69, 9.17) is 0 Å². The third-order valence-corrected chi connectivity index (χ3v) is 5.84. The van der Waals surface area contributed by atoms with E-state index in [0.29, 0.717) is 5.16 Å². The predicted molar refractivity (Wildman–Crippen MR) is 87.4 cm³/mol. The zero-order chi connectivity index (χ0) is 14.2. The molecule has 0 saturated carbocycles. The Kier molecular flexibility index (Phi) is 3.31. The summed E-state index contributed by atoms with van der Waals surface area (Å²) in [4.78, 5) is 23.4. The van der Waals surface area contributed by atoms with Gasteiger partial charge < -0.3 is 4.98 Å². The molecule has 0 radical (unpaired) electrons. The summed E-state index contributed by atoms with van der Waals surface area (Å²) in [5, 5.41) is 1.50. The molecule has 0 spiro atoms. The van der Waals surface area contributed by atoms with Gasteiger partial charge in [0.2, 0.25) is 0 Å². The largest absolute Gasteiger partial charge is 0.301 e. The van der Waals surface area contributed by atoms with Crippen LogP contribution in [-0.4, -0.2) is 9.97 Å². The zero-order valence-corrected chi connectivity index (χ0v) is 13.0. The van der Waals surface area contributed by atoms with E-state index in [1.54, 1.807) is 11.3 Å². The molecule has 2 heterocycles. The van der Waals surface area contributed by atoms with E-state index in [2.05, 4.69) is 9.97 Å². The van der Waals surface area contributed by atoms with Gasteiger partial charge in [0.25, 0.3) is 5.56 Å². The van der Waals surface area contributed by atoms with Gasteiger partial charge >= 0.3 is 0 Å². The normalized spacial score (nSPS) is 14.3. The Labute approximate surface area is 130 Å². The van der Waals surface area contributed by atoms with Gasteiger partial charge in [0.1, 0.15) is 4.83 Å². The molecule has 0 atom stereocenters. The smallest absolute Gasteiger partial charge is 0.260 e. The number of aryl methyl sites for hydroxylation is 2. The number of aromatic nitrogens is 2. The number of nitrogens with zero attached hydrogens (tertiary/aromatic N) is 1. The SMILES string of the molecule is O=c1[nH]c(Sc2ccccc2)nc2sc3c(c12)CCCC3. The zero-order valence-electron chi connectivity index (χ0n) is 11.4. The topological polar surface area (TPSA) is 45.8 Å². The molecule has 1 aliphatic rings. The van der Waals surface area contributed by atoms with Crippen LogP contribution in [0, 0.1) is 0 Å². The fraction of sp³-hybridized carbons (Fsp3) is 0.250. The summed E-state index contributed by atoms with van der Waals surface area (Å²) in [6, 6.07) is 10.0. The van der Waals surface area contributed by atoms with Crippen LogP contribution < -0.4 is 5.56 Å². The maximum atomic E-state index is 12.4. The van der Waals surface area contributed by atoms with Gasteiger partial charge in [-0.1, -0.05) is 30.0 Å². The molecular formula is C16H14N2OS2. The van der Waals surface area contributed by atoms with E-state index in [1.165, 1.54) is 35.0 Å². The molecule has 1 aliphatic carbocycles. The van der Waals surface area contributed by atoms with Crippen LogP contribution in [0.15, 0.2) is 45.2 Å². The summed E-state index contributed by atoms with van der Waals surface area (Å²) in [6.07, 6.45) is 4.52. The van der Waals surface area contributed by atoms with E-state index in [1.807, 2.05) is 30.3 Å². The minimum atomic E-state index is 0.0119. The molecule has 3 aromatic rings. The summed E-state index contributed by atoms with van der Waals surface area (Å²) in [5.41, 5.74) is 1.25. The van der Waals surface area contributed by atoms with Crippen LogP contribution in [0.2, 0.25) is 0 Å². The predicted octanol–water partition coefficient (Wildman–Crippen LogP) is 4.01. The Morgan fingerprint density at radius 1 is 1.14 bits per heavy atom. The fourth-order valence-corrected chi connectivity index (χ4v) is 4.91. The molecule has 3 nitrogen and oxygen atoms in total. The first-order valence-electron chi connectivity index (χ1n) is 7.09. The van der Waals surface area contributed by atoms with Crippen LogP contribution >= 0.6 is 23.1 Å². The molecule has 0 amide bonds. The van der Waals surface area contributed by atoms with Crippen molar-refractivity contribution < 1.29 is 0 Å². The van der Waals surface area contributed by atoms with E-state index in [9.17, 15) is 4.79 Å². The van der Waals surface area contributed by atoms with Crippen molar-refractivity contribution in [1.29, 1.82) is 0 Å². The lowest BCUT2D eigenvalue weighted by Crippen LogP contribution is -2.10. The van der Waals surface area contributed by atoms with Crippen molar-refractivity contribution in [2.24, 2.45) is 0 Å². The highest BCUT2D eigenvalue weighted by molar-refractivity contribution is 7.99. The van der Waals surface area contributed by atoms with Crippen LogP contribution in [-0.2, 0) is 12.8 Å². The van der Waals surface area contributed by atoms with E-state index in [-0.39, 0.29) is 5.56 Å². The quantitative estimate of drug-likeness (QED) is 0.727. The lowest BCUT2D eigenvalue weighted by Gasteiger charge is -2.09. The second kappa shape index (κ2) is 5.31.